The number of piperidine rings is 2. The average Bonchev–Trinajstić information content (AvgIpc) is 2.54. The first-order chi connectivity index (χ1) is 10.5. The topological polar surface area (TPSA) is 64.1 Å². The Morgan fingerprint density at radius 2 is 1.82 bits per heavy atom. The zero-order chi connectivity index (χ0) is 16.1. The van der Waals surface area contributed by atoms with Crippen LogP contribution in [0.15, 0.2) is 0 Å². The maximum absolute atomic E-state index is 12.6. The van der Waals surface area contributed by atoms with Gasteiger partial charge in [-0.3, -0.25) is 9.59 Å². The molecular formula is C16H29N3O3. The highest BCUT2D eigenvalue weighted by Gasteiger charge is 2.34. The minimum atomic E-state index is -0.389. The number of likely N-dealkylation sites (tertiary alicyclic amines) is 2. The summed E-state index contributed by atoms with van der Waals surface area (Å²) in [4.78, 5) is 30.7. The Balaban J connectivity index is 1.96. The Bertz CT molecular complexity index is 392. The molecule has 1 unspecified atom stereocenters. The van der Waals surface area contributed by atoms with E-state index in [0.717, 1.165) is 45.2 Å². The van der Waals surface area contributed by atoms with E-state index in [0.29, 0.717) is 13.0 Å². The lowest BCUT2D eigenvalue weighted by molar-refractivity contribution is -0.155. The first-order valence-corrected chi connectivity index (χ1v) is 8.41. The van der Waals surface area contributed by atoms with Gasteiger partial charge in [-0.2, -0.15) is 0 Å². The van der Waals surface area contributed by atoms with Crippen molar-refractivity contribution in [2.75, 3.05) is 40.3 Å². The Morgan fingerprint density at radius 1 is 1.14 bits per heavy atom. The summed E-state index contributed by atoms with van der Waals surface area (Å²) in [5.41, 5.74) is 0. The van der Waals surface area contributed by atoms with Crippen molar-refractivity contribution in [2.45, 2.75) is 50.6 Å². The van der Waals surface area contributed by atoms with Crippen LogP contribution in [-0.4, -0.2) is 84.0 Å². The molecule has 0 radical (unpaired) electrons. The molecule has 2 saturated heterocycles. The van der Waals surface area contributed by atoms with Crippen molar-refractivity contribution < 1.29 is 14.7 Å². The largest absolute Gasteiger partial charge is 0.396 e. The normalized spacial score (nSPS) is 24.3. The minimum absolute atomic E-state index is 0.0149. The number of hydrogen-bond acceptors (Lipinski definition) is 4. The van der Waals surface area contributed by atoms with Crippen LogP contribution < -0.4 is 0 Å². The molecular weight excluding hydrogens is 282 g/mol. The van der Waals surface area contributed by atoms with Crippen molar-refractivity contribution >= 4 is 11.8 Å². The zero-order valence-corrected chi connectivity index (χ0v) is 13.8. The van der Waals surface area contributed by atoms with Crippen LogP contribution in [0.25, 0.3) is 0 Å². The molecule has 2 amide bonds. The molecule has 1 N–H and O–H groups in total. The number of carbonyl (C=O) groups excluding carboxylic acids is 2. The van der Waals surface area contributed by atoms with Gasteiger partial charge in [0, 0.05) is 32.3 Å². The van der Waals surface area contributed by atoms with Crippen molar-refractivity contribution in [2.24, 2.45) is 0 Å². The monoisotopic (exact) mass is 311 g/mol. The highest BCUT2D eigenvalue weighted by molar-refractivity contribution is 6.35. The molecule has 22 heavy (non-hydrogen) atoms. The van der Waals surface area contributed by atoms with Gasteiger partial charge in [0.1, 0.15) is 0 Å². The summed E-state index contributed by atoms with van der Waals surface area (Å²) in [6, 6.07) is 0.176. The molecule has 0 aromatic rings. The summed E-state index contributed by atoms with van der Waals surface area (Å²) in [7, 11) is 3.83. The Morgan fingerprint density at radius 3 is 2.45 bits per heavy atom. The summed E-state index contributed by atoms with van der Waals surface area (Å²) >= 11 is 0. The number of hydrogen-bond donors (Lipinski definition) is 1. The smallest absolute Gasteiger partial charge is 0.312 e. The van der Waals surface area contributed by atoms with E-state index in [9.17, 15) is 9.59 Å². The van der Waals surface area contributed by atoms with E-state index in [1.54, 1.807) is 16.8 Å². The van der Waals surface area contributed by atoms with Gasteiger partial charge >= 0.3 is 11.8 Å². The predicted molar refractivity (Wildman–Crippen MR) is 84.3 cm³/mol. The lowest BCUT2D eigenvalue weighted by Crippen LogP contribution is -2.53. The van der Waals surface area contributed by atoms with Crippen LogP contribution in [0.2, 0.25) is 0 Å². The lowest BCUT2D eigenvalue weighted by atomic mass is 9.99. The number of aliphatic hydroxyl groups excluding tert-OH is 1. The fraction of sp³-hybridized carbons (Fsp3) is 0.875. The van der Waals surface area contributed by atoms with E-state index >= 15 is 0 Å². The van der Waals surface area contributed by atoms with Crippen LogP contribution in [0.3, 0.4) is 0 Å². The Labute approximate surface area is 133 Å². The number of nitrogens with zero attached hydrogens (tertiary/aromatic N) is 3. The van der Waals surface area contributed by atoms with Crippen molar-refractivity contribution in [3.63, 3.8) is 0 Å². The van der Waals surface area contributed by atoms with Gasteiger partial charge in [0.25, 0.3) is 0 Å². The molecule has 1 atom stereocenters. The van der Waals surface area contributed by atoms with Gasteiger partial charge in [-0.05, 0) is 58.7 Å². The zero-order valence-electron chi connectivity index (χ0n) is 13.8. The molecule has 0 spiro atoms. The van der Waals surface area contributed by atoms with Gasteiger partial charge in [0.2, 0.25) is 0 Å². The van der Waals surface area contributed by atoms with Crippen LogP contribution in [0, 0.1) is 0 Å². The SMILES string of the molecule is CN1CCC(N(C)C(=O)C(=O)N2CCCCC2CCO)CC1. The number of aliphatic hydroxyl groups is 1. The average molecular weight is 311 g/mol. The van der Waals surface area contributed by atoms with Crippen molar-refractivity contribution in [3.8, 4) is 0 Å². The summed E-state index contributed by atoms with van der Waals surface area (Å²) in [5.74, 6) is -0.779. The molecule has 6 nitrogen and oxygen atoms in total. The van der Waals surface area contributed by atoms with Crippen LogP contribution in [0.5, 0.6) is 0 Å². The molecule has 2 aliphatic heterocycles. The van der Waals surface area contributed by atoms with E-state index < -0.39 is 0 Å². The summed E-state index contributed by atoms with van der Waals surface area (Å²) in [6.07, 6.45) is 5.30. The molecule has 0 aromatic carbocycles. The second-order valence-electron chi connectivity index (χ2n) is 6.61. The molecule has 6 heteroatoms. The highest BCUT2D eigenvalue weighted by Crippen LogP contribution is 2.21. The lowest BCUT2D eigenvalue weighted by Gasteiger charge is -2.38. The second kappa shape index (κ2) is 7.92. The molecule has 2 rings (SSSR count). The van der Waals surface area contributed by atoms with E-state index in [2.05, 4.69) is 11.9 Å². The van der Waals surface area contributed by atoms with Gasteiger partial charge in [-0.1, -0.05) is 0 Å². The summed E-state index contributed by atoms with van der Waals surface area (Å²) in [5, 5.41) is 9.16. The summed E-state index contributed by atoms with van der Waals surface area (Å²) < 4.78 is 0. The molecule has 0 aliphatic carbocycles. The van der Waals surface area contributed by atoms with E-state index in [-0.39, 0.29) is 30.5 Å². The quantitative estimate of drug-likeness (QED) is 0.762. The van der Waals surface area contributed by atoms with Crippen LogP contribution in [-0.2, 0) is 9.59 Å². The molecule has 2 aliphatic rings. The molecule has 2 heterocycles. The third-order valence-corrected chi connectivity index (χ3v) is 5.09. The van der Waals surface area contributed by atoms with Gasteiger partial charge in [0.05, 0.1) is 0 Å². The summed E-state index contributed by atoms with van der Waals surface area (Å²) in [6.45, 7) is 2.63. The van der Waals surface area contributed by atoms with Crippen LogP contribution in [0.4, 0.5) is 0 Å². The van der Waals surface area contributed by atoms with Gasteiger partial charge in [0.15, 0.2) is 0 Å². The van der Waals surface area contributed by atoms with Crippen molar-refractivity contribution in [3.05, 3.63) is 0 Å². The van der Waals surface area contributed by atoms with Crippen molar-refractivity contribution in [1.29, 1.82) is 0 Å². The van der Waals surface area contributed by atoms with Gasteiger partial charge < -0.3 is 19.8 Å². The maximum atomic E-state index is 12.6. The number of likely N-dealkylation sites (N-methyl/N-ethyl adjacent to an activating group) is 1. The third kappa shape index (κ3) is 3.98. The molecule has 126 valence electrons. The van der Waals surface area contributed by atoms with Gasteiger partial charge in [-0.15, -0.1) is 0 Å². The molecule has 0 aromatic heterocycles. The predicted octanol–water partition coefficient (Wildman–Crippen LogP) is 0.303. The fourth-order valence-electron chi connectivity index (χ4n) is 3.54. The Hall–Kier alpha value is -1.14. The van der Waals surface area contributed by atoms with Gasteiger partial charge in [-0.25, -0.2) is 0 Å². The molecule has 0 bridgehead atoms. The number of amides is 2. The molecule has 0 saturated carbocycles. The number of carbonyl (C=O) groups is 2. The first-order valence-electron chi connectivity index (χ1n) is 8.41. The fourth-order valence-corrected chi connectivity index (χ4v) is 3.54. The van der Waals surface area contributed by atoms with E-state index in [1.165, 1.54) is 0 Å². The first kappa shape index (κ1) is 17.2. The standard InChI is InChI=1S/C16H29N3O3/c1-17-10-6-13(7-11-17)18(2)15(21)16(22)19-9-4-3-5-14(19)8-12-20/h13-14,20H,3-12H2,1-2H3. The van der Waals surface area contributed by atoms with Crippen molar-refractivity contribution in [1.82, 2.24) is 14.7 Å². The third-order valence-electron chi connectivity index (χ3n) is 5.09. The Kier molecular flexibility index (Phi) is 6.20. The van der Waals surface area contributed by atoms with E-state index in [1.807, 2.05) is 0 Å². The minimum Gasteiger partial charge on any atom is -0.396 e. The molecule has 2 fully saturated rings. The highest BCUT2D eigenvalue weighted by atomic mass is 16.3. The van der Waals surface area contributed by atoms with Crippen LogP contribution >= 0.6 is 0 Å². The van der Waals surface area contributed by atoms with Crippen LogP contribution in [0.1, 0.15) is 38.5 Å². The number of rotatable bonds is 3. The van der Waals surface area contributed by atoms with E-state index in [4.69, 9.17) is 5.11 Å². The second-order valence-corrected chi connectivity index (χ2v) is 6.61. The maximum Gasteiger partial charge on any atom is 0.312 e.